The van der Waals surface area contributed by atoms with Crippen LogP contribution in [0.5, 0.6) is 0 Å². The van der Waals surface area contributed by atoms with E-state index in [0.29, 0.717) is 0 Å². The first-order valence-corrected chi connectivity index (χ1v) is 13.0. The standard InChI is InChI=1S/C27H30N2O8S/c1-27(2)21(25(33)35-14-17-9-5-3-6-10-17)29-22(31)19(23(29)38-27)16-36-24(32)20(13-30)28-26(34)37-15-18-11-7-4-8-12-18/h3-12,19-21,23,30H,13-16H2,1-2H3,(H,28,34)/t19-,20-,21+,23-/m1/s1. The van der Waals surface area contributed by atoms with Crippen LogP contribution in [0.2, 0.25) is 0 Å². The van der Waals surface area contributed by atoms with Crippen molar-refractivity contribution in [2.45, 2.75) is 49.3 Å². The summed E-state index contributed by atoms with van der Waals surface area (Å²) in [5.41, 5.74) is 1.61. The number of nitrogens with zero attached hydrogens (tertiary/aromatic N) is 1. The van der Waals surface area contributed by atoms with Crippen LogP contribution in [0.1, 0.15) is 25.0 Å². The number of carbonyl (C=O) groups excluding carboxylic acids is 4. The first-order chi connectivity index (χ1) is 18.2. The van der Waals surface area contributed by atoms with E-state index in [1.165, 1.54) is 16.7 Å². The lowest BCUT2D eigenvalue weighted by Crippen LogP contribution is -2.64. The molecule has 202 valence electrons. The van der Waals surface area contributed by atoms with E-state index in [9.17, 15) is 24.3 Å². The Morgan fingerprint density at radius 3 is 2.13 bits per heavy atom. The molecule has 2 aliphatic heterocycles. The number of hydrogen-bond donors (Lipinski definition) is 2. The van der Waals surface area contributed by atoms with E-state index in [4.69, 9.17) is 14.2 Å². The van der Waals surface area contributed by atoms with E-state index in [0.717, 1.165) is 11.1 Å². The van der Waals surface area contributed by atoms with Crippen molar-refractivity contribution in [3.63, 3.8) is 0 Å². The van der Waals surface area contributed by atoms with Crippen molar-refractivity contribution in [3.05, 3.63) is 71.8 Å². The van der Waals surface area contributed by atoms with Crippen molar-refractivity contribution in [1.29, 1.82) is 0 Å². The zero-order valence-corrected chi connectivity index (χ0v) is 21.9. The summed E-state index contributed by atoms with van der Waals surface area (Å²) in [6, 6.07) is 16.1. The zero-order chi connectivity index (χ0) is 27.3. The van der Waals surface area contributed by atoms with Gasteiger partial charge in [-0.05, 0) is 25.0 Å². The molecule has 4 atom stereocenters. The Hall–Kier alpha value is -3.57. The third-order valence-corrected chi connectivity index (χ3v) is 8.00. The highest BCUT2D eigenvalue weighted by molar-refractivity contribution is 8.01. The van der Waals surface area contributed by atoms with Gasteiger partial charge in [-0.15, -0.1) is 11.8 Å². The molecule has 0 aromatic heterocycles. The molecule has 10 nitrogen and oxygen atoms in total. The van der Waals surface area contributed by atoms with Crippen LogP contribution in [0.3, 0.4) is 0 Å². The predicted molar refractivity (Wildman–Crippen MR) is 137 cm³/mol. The minimum absolute atomic E-state index is 0.00405. The number of thioether (sulfide) groups is 1. The second-order valence-corrected chi connectivity index (χ2v) is 11.3. The van der Waals surface area contributed by atoms with Crippen molar-refractivity contribution in [3.8, 4) is 0 Å². The molecule has 0 radical (unpaired) electrons. The van der Waals surface area contributed by atoms with E-state index >= 15 is 0 Å². The van der Waals surface area contributed by atoms with Crippen molar-refractivity contribution in [1.82, 2.24) is 10.2 Å². The van der Waals surface area contributed by atoms with Crippen LogP contribution >= 0.6 is 11.8 Å². The number of ether oxygens (including phenoxy) is 3. The van der Waals surface area contributed by atoms with Gasteiger partial charge in [0.1, 0.15) is 31.8 Å². The van der Waals surface area contributed by atoms with Crippen molar-refractivity contribution in [2.75, 3.05) is 13.2 Å². The van der Waals surface area contributed by atoms with Crippen LogP contribution in [0, 0.1) is 5.92 Å². The average Bonchev–Trinajstić information content (AvgIpc) is 3.17. The number of aliphatic hydroxyl groups is 1. The van der Waals surface area contributed by atoms with E-state index < -0.39 is 47.4 Å². The quantitative estimate of drug-likeness (QED) is 0.264. The number of alkyl carbamates (subject to hydrolysis) is 1. The summed E-state index contributed by atoms with van der Waals surface area (Å²) in [6.45, 7) is 2.89. The minimum Gasteiger partial charge on any atom is -0.463 e. The lowest BCUT2D eigenvalue weighted by atomic mass is 9.92. The fourth-order valence-electron chi connectivity index (χ4n) is 4.39. The lowest BCUT2D eigenvalue weighted by Gasteiger charge is -2.43. The third kappa shape index (κ3) is 6.11. The summed E-state index contributed by atoms with van der Waals surface area (Å²) >= 11 is 1.44. The van der Waals surface area contributed by atoms with Crippen LogP contribution in [-0.2, 0) is 41.8 Å². The number of fused-ring (bicyclic) bond motifs is 1. The molecule has 2 aromatic carbocycles. The van der Waals surface area contributed by atoms with E-state index in [2.05, 4.69) is 5.32 Å². The van der Waals surface area contributed by atoms with Gasteiger partial charge in [0, 0.05) is 4.75 Å². The fourth-order valence-corrected chi connectivity index (χ4v) is 6.05. The second kappa shape index (κ2) is 11.9. The van der Waals surface area contributed by atoms with Gasteiger partial charge in [-0.2, -0.15) is 0 Å². The molecule has 2 N–H and O–H groups in total. The summed E-state index contributed by atoms with van der Waals surface area (Å²) in [6.07, 6.45) is -0.888. The normalized spacial score (nSPS) is 22.0. The van der Waals surface area contributed by atoms with Crippen LogP contribution in [0.15, 0.2) is 60.7 Å². The molecule has 0 spiro atoms. The lowest BCUT2D eigenvalue weighted by molar-refractivity contribution is -0.172. The van der Waals surface area contributed by atoms with E-state index in [1.54, 1.807) is 24.3 Å². The summed E-state index contributed by atoms with van der Waals surface area (Å²) in [5.74, 6) is -2.36. The molecule has 2 heterocycles. The molecule has 2 aliphatic rings. The molecule has 0 saturated carbocycles. The number of rotatable bonds is 10. The fraction of sp³-hybridized carbons (Fsp3) is 0.407. The number of β-lactam (4-membered cyclic amide) rings is 1. The van der Waals surface area contributed by atoms with Crippen LogP contribution in [0.25, 0.3) is 0 Å². The van der Waals surface area contributed by atoms with Gasteiger partial charge >= 0.3 is 18.0 Å². The number of aliphatic hydroxyl groups excluding tert-OH is 1. The van der Waals surface area contributed by atoms with E-state index in [-0.39, 0.29) is 31.1 Å². The van der Waals surface area contributed by atoms with Crippen LogP contribution in [0.4, 0.5) is 4.79 Å². The summed E-state index contributed by atoms with van der Waals surface area (Å²) in [4.78, 5) is 51.9. The van der Waals surface area contributed by atoms with Crippen molar-refractivity contribution >= 4 is 35.7 Å². The van der Waals surface area contributed by atoms with Gasteiger partial charge in [0.2, 0.25) is 5.91 Å². The number of nitrogens with one attached hydrogen (secondary N) is 1. The summed E-state index contributed by atoms with van der Waals surface area (Å²) in [5, 5.41) is 11.5. The second-order valence-electron chi connectivity index (χ2n) is 9.53. The number of esters is 2. The van der Waals surface area contributed by atoms with Crippen molar-refractivity contribution in [2.24, 2.45) is 5.92 Å². The molecule has 0 unspecified atom stereocenters. The molecule has 2 aromatic rings. The maximum Gasteiger partial charge on any atom is 0.408 e. The topological polar surface area (TPSA) is 131 Å². The van der Waals surface area contributed by atoms with Gasteiger partial charge in [-0.1, -0.05) is 60.7 Å². The summed E-state index contributed by atoms with van der Waals surface area (Å²) in [7, 11) is 0. The van der Waals surface area contributed by atoms with Gasteiger partial charge in [0.25, 0.3) is 0 Å². The highest BCUT2D eigenvalue weighted by Gasteiger charge is 2.64. The maximum absolute atomic E-state index is 12.9. The smallest absolute Gasteiger partial charge is 0.408 e. The van der Waals surface area contributed by atoms with Crippen molar-refractivity contribution < 1.29 is 38.5 Å². The third-order valence-electron chi connectivity index (χ3n) is 6.38. The molecule has 2 fully saturated rings. The molecular weight excluding hydrogens is 512 g/mol. The number of hydrogen-bond acceptors (Lipinski definition) is 9. The molecule has 0 aliphatic carbocycles. The van der Waals surface area contributed by atoms with Crippen LogP contribution in [-0.4, -0.2) is 69.4 Å². The molecule has 0 bridgehead atoms. The predicted octanol–water partition coefficient (Wildman–Crippen LogP) is 2.24. The Labute approximate surface area is 224 Å². The number of amides is 2. The molecular formula is C27H30N2O8S. The highest BCUT2D eigenvalue weighted by atomic mass is 32.2. The Bertz CT molecular complexity index is 1160. The average molecular weight is 543 g/mol. The molecule has 11 heteroatoms. The minimum atomic E-state index is -1.35. The van der Waals surface area contributed by atoms with Gasteiger partial charge in [0.15, 0.2) is 6.04 Å². The Kier molecular flexibility index (Phi) is 8.58. The Balaban J connectivity index is 1.27. The van der Waals surface area contributed by atoms with Gasteiger partial charge in [-0.25, -0.2) is 14.4 Å². The highest BCUT2D eigenvalue weighted by Crippen LogP contribution is 2.53. The Morgan fingerprint density at radius 2 is 1.55 bits per heavy atom. The van der Waals surface area contributed by atoms with E-state index in [1.807, 2.05) is 50.2 Å². The Morgan fingerprint density at radius 1 is 0.974 bits per heavy atom. The van der Waals surface area contributed by atoms with Gasteiger partial charge in [0.05, 0.1) is 12.0 Å². The molecule has 38 heavy (non-hydrogen) atoms. The molecule has 2 amide bonds. The maximum atomic E-state index is 12.9. The first-order valence-electron chi connectivity index (χ1n) is 12.2. The van der Waals surface area contributed by atoms with Crippen LogP contribution < -0.4 is 5.32 Å². The molecule has 2 saturated heterocycles. The van der Waals surface area contributed by atoms with Gasteiger partial charge < -0.3 is 29.5 Å². The number of benzene rings is 2. The monoisotopic (exact) mass is 542 g/mol. The van der Waals surface area contributed by atoms with Gasteiger partial charge in [-0.3, -0.25) is 4.79 Å². The largest absolute Gasteiger partial charge is 0.463 e. The zero-order valence-electron chi connectivity index (χ0n) is 21.1. The SMILES string of the molecule is CC1(C)S[C@@H]2[C@H](COC(=O)[C@@H](CO)NC(=O)OCc3ccccc3)C(=O)N2[C@H]1C(=O)OCc1ccccc1. The summed E-state index contributed by atoms with van der Waals surface area (Å²) < 4.78 is 15.2. The number of carbonyl (C=O) groups is 4. The first kappa shape index (κ1) is 27.5. The molecule has 4 rings (SSSR count).